The number of benzene rings is 1. The first-order valence-electron chi connectivity index (χ1n) is 5.59. The first-order valence-corrected chi connectivity index (χ1v) is 6.39. The maximum atomic E-state index is 11.4. The van der Waals surface area contributed by atoms with Crippen molar-refractivity contribution in [2.45, 2.75) is 6.54 Å². The minimum absolute atomic E-state index is 0.247. The minimum Gasteiger partial charge on any atom is -0.480 e. The van der Waals surface area contributed by atoms with E-state index in [9.17, 15) is 14.4 Å². The number of aliphatic carboxylic acids is 1. The van der Waals surface area contributed by atoms with E-state index < -0.39 is 31.1 Å². The van der Waals surface area contributed by atoms with Gasteiger partial charge in [-0.05, 0) is 11.6 Å². The summed E-state index contributed by atoms with van der Waals surface area (Å²) >= 11 is 3.33. The van der Waals surface area contributed by atoms with E-state index in [-0.39, 0.29) is 6.54 Å². The summed E-state index contributed by atoms with van der Waals surface area (Å²) in [5.41, 5.74) is 0.859. The molecule has 0 fully saturated rings. The molecule has 0 aliphatic carbocycles. The van der Waals surface area contributed by atoms with E-state index in [1.165, 1.54) is 0 Å². The maximum Gasteiger partial charge on any atom is 0.329 e. The van der Waals surface area contributed by atoms with E-state index in [0.717, 1.165) is 10.0 Å². The van der Waals surface area contributed by atoms with Gasteiger partial charge in [0.15, 0.2) is 0 Å². The van der Waals surface area contributed by atoms with Crippen LogP contribution >= 0.6 is 15.9 Å². The molecule has 0 saturated carbocycles. The zero-order valence-corrected chi connectivity index (χ0v) is 12.0. The van der Waals surface area contributed by atoms with Crippen molar-refractivity contribution in [3.05, 3.63) is 34.3 Å². The molecule has 7 nitrogen and oxygen atoms in total. The number of carboxylic acid groups (broad SMARTS) is 1. The molecule has 3 amide bonds. The standard InChI is InChI=1S/C12H13BrN2O5/c13-9-4-2-1-3-8(9)5-14-12(19)15-10(16)6-20-7-11(17)18/h1-4H,5-7H2,(H,17,18)(H2,14,15,16,19). The Morgan fingerprint density at radius 2 is 1.90 bits per heavy atom. The molecule has 1 aromatic rings. The molecule has 0 heterocycles. The Kier molecular flexibility index (Phi) is 6.68. The first kappa shape index (κ1) is 16.1. The average molecular weight is 345 g/mol. The van der Waals surface area contributed by atoms with Crippen LogP contribution in [0.15, 0.2) is 28.7 Å². The molecule has 0 spiro atoms. The van der Waals surface area contributed by atoms with Crippen molar-refractivity contribution in [2.75, 3.05) is 13.2 Å². The second-order valence-electron chi connectivity index (χ2n) is 3.71. The van der Waals surface area contributed by atoms with Crippen LogP contribution in [-0.2, 0) is 20.9 Å². The third-order valence-electron chi connectivity index (χ3n) is 2.11. The van der Waals surface area contributed by atoms with E-state index in [4.69, 9.17) is 5.11 Å². The van der Waals surface area contributed by atoms with Gasteiger partial charge >= 0.3 is 12.0 Å². The minimum atomic E-state index is -1.18. The highest BCUT2D eigenvalue weighted by molar-refractivity contribution is 9.10. The number of rotatable bonds is 6. The zero-order valence-electron chi connectivity index (χ0n) is 10.4. The molecule has 0 radical (unpaired) electrons. The number of carbonyl (C=O) groups excluding carboxylic acids is 2. The van der Waals surface area contributed by atoms with Gasteiger partial charge in [0.05, 0.1) is 0 Å². The molecular formula is C12H13BrN2O5. The number of carboxylic acids is 1. The molecule has 1 rings (SSSR count). The van der Waals surface area contributed by atoms with Crippen LogP contribution in [0.25, 0.3) is 0 Å². The van der Waals surface area contributed by atoms with Crippen LogP contribution < -0.4 is 10.6 Å². The lowest BCUT2D eigenvalue weighted by Crippen LogP contribution is -2.41. The monoisotopic (exact) mass is 344 g/mol. The van der Waals surface area contributed by atoms with Gasteiger partial charge in [0.2, 0.25) is 0 Å². The van der Waals surface area contributed by atoms with Crippen molar-refractivity contribution in [3.8, 4) is 0 Å². The predicted octanol–water partition coefficient (Wildman–Crippen LogP) is 0.876. The summed E-state index contributed by atoms with van der Waals surface area (Å²) in [4.78, 5) is 32.8. The van der Waals surface area contributed by atoms with Crippen LogP contribution in [0.1, 0.15) is 5.56 Å². The summed E-state index contributed by atoms with van der Waals surface area (Å²) in [7, 11) is 0. The number of hydrogen-bond acceptors (Lipinski definition) is 4. The third-order valence-corrected chi connectivity index (χ3v) is 2.88. The second-order valence-corrected chi connectivity index (χ2v) is 4.56. The van der Waals surface area contributed by atoms with Gasteiger partial charge in [-0.25, -0.2) is 9.59 Å². The topological polar surface area (TPSA) is 105 Å². The normalized spacial score (nSPS) is 9.85. The fourth-order valence-electron chi connectivity index (χ4n) is 1.26. The molecule has 8 heteroatoms. The van der Waals surface area contributed by atoms with Gasteiger partial charge in [-0.15, -0.1) is 0 Å². The van der Waals surface area contributed by atoms with Gasteiger partial charge in [0, 0.05) is 11.0 Å². The summed E-state index contributed by atoms with van der Waals surface area (Å²) in [5, 5.41) is 12.8. The molecule has 20 heavy (non-hydrogen) atoms. The summed E-state index contributed by atoms with van der Waals surface area (Å²) in [6.45, 7) is -0.836. The van der Waals surface area contributed by atoms with E-state index in [2.05, 4.69) is 26.0 Å². The highest BCUT2D eigenvalue weighted by Gasteiger charge is 2.09. The molecule has 0 aromatic heterocycles. The van der Waals surface area contributed by atoms with Crippen LogP contribution in [0.4, 0.5) is 4.79 Å². The summed E-state index contributed by atoms with van der Waals surface area (Å²) in [6.07, 6.45) is 0. The zero-order chi connectivity index (χ0) is 15.0. The van der Waals surface area contributed by atoms with Gasteiger partial charge < -0.3 is 15.2 Å². The van der Waals surface area contributed by atoms with Crippen LogP contribution in [0.3, 0.4) is 0 Å². The molecule has 0 aliphatic rings. The Hall–Kier alpha value is -1.93. The van der Waals surface area contributed by atoms with Crippen molar-refractivity contribution in [1.29, 1.82) is 0 Å². The van der Waals surface area contributed by atoms with Crippen molar-refractivity contribution in [1.82, 2.24) is 10.6 Å². The lowest BCUT2D eigenvalue weighted by molar-refractivity contribution is -0.143. The van der Waals surface area contributed by atoms with Gasteiger partial charge in [-0.1, -0.05) is 34.1 Å². The Balaban J connectivity index is 2.28. The SMILES string of the molecule is O=C(O)COCC(=O)NC(=O)NCc1ccccc1Br. The molecule has 0 saturated heterocycles. The number of halogens is 1. The van der Waals surface area contributed by atoms with Crippen LogP contribution in [0.2, 0.25) is 0 Å². The van der Waals surface area contributed by atoms with Gasteiger partial charge in [0.1, 0.15) is 13.2 Å². The van der Waals surface area contributed by atoms with E-state index in [1.807, 2.05) is 29.6 Å². The molecule has 0 bridgehead atoms. The largest absolute Gasteiger partial charge is 0.480 e. The molecule has 1 aromatic carbocycles. The number of imide groups is 1. The molecule has 3 N–H and O–H groups in total. The van der Waals surface area contributed by atoms with Crippen LogP contribution in [0.5, 0.6) is 0 Å². The average Bonchev–Trinajstić information content (AvgIpc) is 2.37. The fraction of sp³-hybridized carbons (Fsp3) is 0.250. The number of amides is 3. The van der Waals surface area contributed by atoms with E-state index in [0.29, 0.717) is 0 Å². The Bertz CT molecular complexity index is 506. The predicted molar refractivity (Wildman–Crippen MR) is 73.0 cm³/mol. The second kappa shape index (κ2) is 8.28. The Morgan fingerprint density at radius 1 is 1.20 bits per heavy atom. The third kappa shape index (κ3) is 6.30. The summed E-state index contributed by atoms with van der Waals surface area (Å²) < 4.78 is 5.38. The van der Waals surface area contributed by atoms with E-state index in [1.54, 1.807) is 0 Å². The number of hydrogen-bond donors (Lipinski definition) is 3. The fourth-order valence-corrected chi connectivity index (χ4v) is 1.68. The number of nitrogens with one attached hydrogen (secondary N) is 2. The quantitative estimate of drug-likeness (QED) is 0.710. The lowest BCUT2D eigenvalue weighted by atomic mass is 10.2. The van der Waals surface area contributed by atoms with Crippen molar-refractivity contribution in [2.24, 2.45) is 0 Å². The summed E-state index contributed by atoms with van der Waals surface area (Å²) in [6, 6.07) is 6.65. The number of urea groups is 1. The molecule has 0 unspecified atom stereocenters. The highest BCUT2D eigenvalue weighted by atomic mass is 79.9. The number of ether oxygens (including phenoxy) is 1. The van der Waals surface area contributed by atoms with Crippen molar-refractivity contribution >= 4 is 33.8 Å². The number of carbonyl (C=O) groups is 3. The molecule has 0 aliphatic heterocycles. The molecular weight excluding hydrogens is 332 g/mol. The van der Waals surface area contributed by atoms with Gasteiger partial charge in [-0.2, -0.15) is 0 Å². The molecule has 108 valence electrons. The van der Waals surface area contributed by atoms with Crippen molar-refractivity contribution < 1.29 is 24.2 Å². The lowest BCUT2D eigenvalue weighted by Gasteiger charge is -2.08. The van der Waals surface area contributed by atoms with Gasteiger partial charge in [0.25, 0.3) is 5.91 Å². The van der Waals surface area contributed by atoms with Crippen LogP contribution in [0, 0.1) is 0 Å². The van der Waals surface area contributed by atoms with Crippen LogP contribution in [-0.4, -0.2) is 36.2 Å². The highest BCUT2D eigenvalue weighted by Crippen LogP contribution is 2.15. The van der Waals surface area contributed by atoms with E-state index >= 15 is 0 Å². The first-order chi connectivity index (χ1) is 9.49. The summed E-state index contributed by atoms with van der Waals surface area (Å²) in [5.74, 6) is -1.90. The Morgan fingerprint density at radius 3 is 2.55 bits per heavy atom. The maximum absolute atomic E-state index is 11.4. The van der Waals surface area contributed by atoms with Gasteiger partial charge in [-0.3, -0.25) is 10.1 Å². The van der Waals surface area contributed by atoms with Crippen molar-refractivity contribution in [3.63, 3.8) is 0 Å². The molecule has 0 atom stereocenters. The Labute approximate surface area is 123 Å². The smallest absolute Gasteiger partial charge is 0.329 e.